The zero-order valence-electron chi connectivity index (χ0n) is 10.4. The summed E-state index contributed by atoms with van der Waals surface area (Å²) in [7, 11) is 0. The fourth-order valence-electron chi connectivity index (χ4n) is 1.76. The predicted molar refractivity (Wildman–Crippen MR) is 73.8 cm³/mol. The molecular formula is C14H14FN3O. The Kier molecular flexibility index (Phi) is 3.37. The van der Waals surface area contributed by atoms with E-state index in [4.69, 9.17) is 11.5 Å². The van der Waals surface area contributed by atoms with Crippen molar-refractivity contribution in [3.8, 4) is 0 Å². The maximum Gasteiger partial charge on any atom is 0.250 e. The first kappa shape index (κ1) is 12.9. The van der Waals surface area contributed by atoms with E-state index in [9.17, 15) is 9.18 Å². The number of nitrogens with two attached hydrogens (primary N) is 2. The summed E-state index contributed by atoms with van der Waals surface area (Å²) in [5, 5.41) is 3.00. The molecule has 0 saturated carbocycles. The molecule has 0 atom stereocenters. The Morgan fingerprint density at radius 3 is 2.63 bits per heavy atom. The van der Waals surface area contributed by atoms with Crippen molar-refractivity contribution in [2.24, 2.45) is 5.73 Å². The summed E-state index contributed by atoms with van der Waals surface area (Å²) >= 11 is 0. The Morgan fingerprint density at radius 2 is 1.95 bits per heavy atom. The largest absolute Gasteiger partial charge is 0.396 e. The van der Waals surface area contributed by atoms with Crippen LogP contribution < -0.4 is 16.8 Å². The molecular weight excluding hydrogens is 245 g/mol. The first-order valence-corrected chi connectivity index (χ1v) is 5.70. The molecule has 0 aliphatic heterocycles. The van der Waals surface area contributed by atoms with E-state index in [1.165, 1.54) is 12.1 Å². The topological polar surface area (TPSA) is 81.1 Å². The van der Waals surface area contributed by atoms with E-state index in [2.05, 4.69) is 5.32 Å². The zero-order chi connectivity index (χ0) is 14.0. The number of nitrogen functional groups attached to an aromatic ring is 1. The van der Waals surface area contributed by atoms with E-state index in [1.54, 1.807) is 24.3 Å². The quantitative estimate of drug-likeness (QED) is 0.741. The number of aryl methyl sites for hydroxylation is 1. The fourth-order valence-corrected chi connectivity index (χ4v) is 1.76. The molecule has 0 fully saturated rings. The summed E-state index contributed by atoms with van der Waals surface area (Å²) in [6, 6.07) is 9.31. The fraction of sp³-hybridized carbons (Fsp3) is 0.0714. The number of carbonyl (C=O) groups is 1. The van der Waals surface area contributed by atoms with Gasteiger partial charge >= 0.3 is 0 Å². The summed E-state index contributed by atoms with van der Waals surface area (Å²) in [4.78, 5) is 11.2. The third kappa shape index (κ3) is 2.65. The first-order valence-electron chi connectivity index (χ1n) is 5.70. The smallest absolute Gasteiger partial charge is 0.250 e. The number of benzene rings is 2. The van der Waals surface area contributed by atoms with Gasteiger partial charge in [0.25, 0.3) is 5.91 Å². The number of rotatable bonds is 3. The molecule has 0 aliphatic carbocycles. The van der Waals surface area contributed by atoms with Gasteiger partial charge in [-0.3, -0.25) is 4.79 Å². The number of amides is 1. The van der Waals surface area contributed by atoms with E-state index < -0.39 is 5.91 Å². The lowest BCUT2D eigenvalue weighted by atomic mass is 10.1. The van der Waals surface area contributed by atoms with Crippen LogP contribution in [-0.2, 0) is 0 Å². The highest BCUT2D eigenvalue weighted by Crippen LogP contribution is 2.28. The Hall–Kier alpha value is -2.56. The molecule has 0 aromatic heterocycles. The SMILES string of the molecule is Cc1ccc(F)cc1Nc1cccc(C(N)=O)c1N. The summed E-state index contributed by atoms with van der Waals surface area (Å²) in [6.45, 7) is 1.84. The monoisotopic (exact) mass is 259 g/mol. The van der Waals surface area contributed by atoms with E-state index in [0.29, 0.717) is 11.4 Å². The summed E-state index contributed by atoms with van der Waals surface area (Å²) < 4.78 is 13.2. The highest BCUT2D eigenvalue weighted by molar-refractivity contribution is 6.01. The molecule has 0 heterocycles. The number of anilines is 3. The Labute approximate surface area is 110 Å². The summed E-state index contributed by atoms with van der Waals surface area (Å²) in [5.41, 5.74) is 13.5. The second-order valence-corrected chi connectivity index (χ2v) is 4.22. The summed E-state index contributed by atoms with van der Waals surface area (Å²) in [5.74, 6) is -0.949. The minimum atomic E-state index is -0.600. The van der Waals surface area contributed by atoms with Crippen molar-refractivity contribution in [3.05, 3.63) is 53.3 Å². The molecule has 2 aromatic rings. The van der Waals surface area contributed by atoms with Crippen LogP contribution in [0, 0.1) is 12.7 Å². The molecule has 4 nitrogen and oxygen atoms in total. The molecule has 1 amide bonds. The van der Waals surface area contributed by atoms with E-state index >= 15 is 0 Å². The van der Waals surface area contributed by atoms with Crippen LogP contribution in [0.1, 0.15) is 15.9 Å². The molecule has 5 N–H and O–H groups in total. The van der Waals surface area contributed by atoms with Gasteiger partial charge < -0.3 is 16.8 Å². The van der Waals surface area contributed by atoms with Crippen LogP contribution in [-0.4, -0.2) is 5.91 Å². The van der Waals surface area contributed by atoms with Crippen molar-refractivity contribution < 1.29 is 9.18 Å². The molecule has 2 aromatic carbocycles. The van der Waals surface area contributed by atoms with Gasteiger partial charge in [-0.15, -0.1) is 0 Å². The van der Waals surface area contributed by atoms with Crippen molar-refractivity contribution in [2.75, 3.05) is 11.1 Å². The third-order valence-corrected chi connectivity index (χ3v) is 2.84. The number of nitrogens with one attached hydrogen (secondary N) is 1. The number of hydrogen-bond donors (Lipinski definition) is 3. The maximum absolute atomic E-state index is 13.2. The lowest BCUT2D eigenvalue weighted by Crippen LogP contribution is -2.14. The van der Waals surface area contributed by atoms with Crippen molar-refractivity contribution in [1.82, 2.24) is 0 Å². The zero-order valence-corrected chi connectivity index (χ0v) is 10.4. The standard InChI is InChI=1S/C14H14FN3O/c1-8-5-6-9(15)7-12(8)18-11-4-2-3-10(13(11)16)14(17)19/h2-7,18H,16H2,1H3,(H2,17,19). The minimum absolute atomic E-state index is 0.235. The first-order chi connectivity index (χ1) is 8.99. The van der Waals surface area contributed by atoms with Crippen LogP contribution >= 0.6 is 0 Å². The number of hydrogen-bond acceptors (Lipinski definition) is 3. The van der Waals surface area contributed by atoms with Crippen molar-refractivity contribution in [2.45, 2.75) is 6.92 Å². The lowest BCUT2D eigenvalue weighted by molar-refractivity contribution is 0.100. The number of halogens is 1. The molecule has 0 saturated heterocycles. The molecule has 0 spiro atoms. The minimum Gasteiger partial charge on any atom is -0.396 e. The number of para-hydroxylation sites is 1. The molecule has 0 unspecified atom stereocenters. The highest BCUT2D eigenvalue weighted by atomic mass is 19.1. The van der Waals surface area contributed by atoms with Gasteiger partial charge in [0.1, 0.15) is 5.82 Å². The normalized spacial score (nSPS) is 10.2. The van der Waals surface area contributed by atoms with Gasteiger partial charge in [-0.25, -0.2) is 4.39 Å². The average Bonchev–Trinajstić information content (AvgIpc) is 2.36. The van der Waals surface area contributed by atoms with Gasteiger partial charge in [-0.1, -0.05) is 12.1 Å². The lowest BCUT2D eigenvalue weighted by Gasteiger charge is -2.13. The van der Waals surface area contributed by atoms with Gasteiger partial charge in [0.2, 0.25) is 0 Å². The van der Waals surface area contributed by atoms with Crippen LogP contribution in [0.4, 0.5) is 21.5 Å². The van der Waals surface area contributed by atoms with Gasteiger partial charge in [-0.05, 0) is 36.8 Å². The van der Waals surface area contributed by atoms with E-state index in [-0.39, 0.29) is 17.1 Å². The Morgan fingerprint density at radius 1 is 1.21 bits per heavy atom. The third-order valence-electron chi connectivity index (χ3n) is 2.84. The van der Waals surface area contributed by atoms with Crippen LogP contribution in [0.2, 0.25) is 0 Å². The van der Waals surface area contributed by atoms with Crippen molar-refractivity contribution >= 4 is 23.0 Å². The Bertz CT molecular complexity index is 641. The maximum atomic E-state index is 13.2. The van der Waals surface area contributed by atoms with Gasteiger partial charge in [0.15, 0.2) is 0 Å². The molecule has 98 valence electrons. The predicted octanol–water partition coefficient (Wildman–Crippen LogP) is 2.56. The molecule has 0 bridgehead atoms. The van der Waals surface area contributed by atoms with Gasteiger partial charge in [0.05, 0.1) is 16.9 Å². The van der Waals surface area contributed by atoms with Crippen LogP contribution in [0.3, 0.4) is 0 Å². The van der Waals surface area contributed by atoms with Crippen molar-refractivity contribution in [1.29, 1.82) is 0 Å². The molecule has 0 radical (unpaired) electrons. The van der Waals surface area contributed by atoms with Crippen LogP contribution in [0.25, 0.3) is 0 Å². The molecule has 0 aliphatic rings. The molecule has 2 rings (SSSR count). The van der Waals surface area contributed by atoms with Crippen molar-refractivity contribution in [3.63, 3.8) is 0 Å². The van der Waals surface area contributed by atoms with Gasteiger partial charge in [0, 0.05) is 5.69 Å². The number of carbonyl (C=O) groups excluding carboxylic acids is 1. The molecule has 19 heavy (non-hydrogen) atoms. The van der Waals surface area contributed by atoms with Gasteiger partial charge in [-0.2, -0.15) is 0 Å². The highest BCUT2D eigenvalue weighted by Gasteiger charge is 2.10. The molecule has 5 heteroatoms. The summed E-state index contributed by atoms with van der Waals surface area (Å²) in [6.07, 6.45) is 0. The second kappa shape index (κ2) is 4.97. The van der Waals surface area contributed by atoms with Crippen LogP contribution in [0.15, 0.2) is 36.4 Å². The van der Waals surface area contributed by atoms with E-state index in [1.807, 2.05) is 6.92 Å². The van der Waals surface area contributed by atoms with Crippen LogP contribution in [0.5, 0.6) is 0 Å². The second-order valence-electron chi connectivity index (χ2n) is 4.22. The van der Waals surface area contributed by atoms with E-state index in [0.717, 1.165) is 5.56 Å². The Balaban J connectivity index is 2.41. The average molecular weight is 259 g/mol. The number of primary amides is 1.